The number of rotatable bonds is 9. The lowest BCUT2D eigenvalue weighted by molar-refractivity contribution is -0.478. The van der Waals surface area contributed by atoms with Gasteiger partial charge in [-0.25, -0.2) is 22.0 Å². The molecule has 0 spiro atoms. The van der Waals surface area contributed by atoms with Crippen LogP contribution in [0.4, 0.5) is 132 Å². The Balaban J connectivity index is 2.99. The molecule has 0 N–H and O–H groups in total. The number of Topliss-reactive ketones (excluding diaryl/α,β-unsaturated/α-hetero) is 1. The molecule has 31 heteroatoms. The van der Waals surface area contributed by atoms with Gasteiger partial charge in [-0.15, -0.1) is 0 Å². The topological polar surface area (TPSA) is 17.1 Å². The number of hydrogen-bond donors (Lipinski definition) is 0. The van der Waals surface area contributed by atoms with Gasteiger partial charge in [0.2, 0.25) is 5.78 Å². The number of benzene rings is 1. The van der Waals surface area contributed by atoms with Crippen molar-refractivity contribution in [2.45, 2.75) is 77.0 Å². The minimum Gasteiger partial charge on any atom is -0.290 e. The summed E-state index contributed by atoms with van der Waals surface area (Å²) in [5.74, 6) is -124. The molecule has 1 aromatic carbocycles. The molecule has 0 heterocycles. The van der Waals surface area contributed by atoms with Crippen LogP contribution in [0.1, 0.15) is 15.9 Å². The SMILES string of the molecule is O=C1c2c(F)c(F)c(F)c(F)c2C(F)(F)C(F)(F)C1(F)C(F)(F)C(F)(F)C(F)(F)C(F)(F)C(F)(F)C(F)(F)C(F)(F)C(F)(F)C(F)(F)C(F)(F)F. The lowest BCUT2D eigenvalue weighted by Gasteiger charge is -2.49. The van der Waals surface area contributed by atoms with Gasteiger partial charge < -0.3 is 0 Å². The molecule has 1 aliphatic carbocycles. The van der Waals surface area contributed by atoms with Crippen LogP contribution in [0.15, 0.2) is 0 Å². The van der Waals surface area contributed by atoms with Crippen molar-refractivity contribution in [2.75, 3.05) is 0 Å². The fourth-order valence-corrected chi connectivity index (χ4v) is 3.94. The molecule has 0 bridgehead atoms. The summed E-state index contributed by atoms with van der Waals surface area (Å²) in [4.78, 5) is 12.0. The first-order chi connectivity index (χ1) is 21.8. The van der Waals surface area contributed by atoms with Crippen molar-refractivity contribution in [3.63, 3.8) is 0 Å². The molecule has 0 aliphatic heterocycles. The van der Waals surface area contributed by atoms with Crippen LogP contribution in [-0.2, 0) is 5.92 Å². The van der Waals surface area contributed by atoms with Crippen molar-refractivity contribution in [3.8, 4) is 0 Å². The standard InChI is InChI=1S/C20F30O/c21-3-1-2(4(22)6(24)5(3)23)9(26,27)10(28,29)8(25,7(1)51)11(30,31)12(32,33)13(34,35)14(36,37)15(38,39)16(40,41)17(42,43)18(44,45)19(46,47)20(48,49)50. The van der Waals surface area contributed by atoms with Crippen LogP contribution in [0.5, 0.6) is 0 Å². The van der Waals surface area contributed by atoms with Gasteiger partial charge in [0.05, 0.1) is 11.1 Å². The fraction of sp³-hybridized carbons (Fsp3) is 0.650. The monoisotopic (exact) mass is 826 g/mol. The molecule has 1 unspecified atom stereocenters. The van der Waals surface area contributed by atoms with E-state index < -0.39 is 117 Å². The van der Waals surface area contributed by atoms with Gasteiger partial charge in [0.15, 0.2) is 23.3 Å². The maximum Gasteiger partial charge on any atom is 0.460 e. The van der Waals surface area contributed by atoms with Crippen LogP contribution >= 0.6 is 0 Å². The first-order valence-corrected chi connectivity index (χ1v) is 11.1. The second kappa shape index (κ2) is 10.7. The van der Waals surface area contributed by atoms with E-state index in [4.69, 9.17) is 0 Å². The molecule has 0 aromatic heterocycles. The quantitative estimate of drug-likeness (QED) is 0.138. The number of halogens is 30. The van der Waals surface area contributed by atoms with Gasteiger partial charge in [-0.05, 0) is 0 Å². The van der Waals surface area contributed by atoms with Gasteiger partial charge in [0.1, 0.15) is 0 Å². The Bertz CT molecular complexity index is 1600. The van der Waals surface area contributed by atoms with E-state index in [9.17, 15) is 132 Å². The van der Waals surface area contributed by atoms with E-state index in [0.717, 1.165) is 0 Å². The molecule has 51 heavy (non-hydrogen) atoms. The van der Waals surface area contributed by atoms with Crippen molar-refractivity contribution in [1.82, 2.24) is 0 Å². The molecule has 1 aliphatic rings. The Morgan fingerprint density at radius 2 is 0.647 bits per heavy atom. The van der Waals surface area contributed by atoms with Crippen LogP contribution in [0.2, 0.25) is 0 Å². The highest BCUT2D eigenvalue weighted by Gasteiger charge is 3.01. The van der Waals surface area contributed by atoms with Gasteiger partial charge in [0.25, 0.3) is 0 Å². The summed E-state index contributed by atoms with van der Waals surface area (Å²) in [5.41, 5.74) is -17.0. The van der Waals surface area contributed by atoms with Gasteiger partial charge in [-0.1, -0.05) is 0 Å². The summed E-state index contributed by atoms with van der Waals surface area (Å²) < 4.78 is 412. The minimum absolute atomic E-state index is 3.75. The number of alkyl halides is 26. The number of carbonyl (C=O) groups excluding carboxylic acids is 1. The first-order valence-electron chi connectivity index (χ1n) is 11.1. The highest BCUT2D eigenvalue weighted by atomic mass is 19.4. The van der Waals surface area contributed by atoms with Crippen molar-refractivity contribution >= 4 is 5.78 Å². The van der Waals surface area contributed by atoms with Gasteiger partial charge in [0, 0.05) is 0 Å². The molecule has 0 amide bonds. The smallest absolute Gasteiger partial charge is 0.290 e. The highest BCUT2D eigenvalue weighted by Crippen LogP contribution is 2.70. The predicted molar refractivity (Wildman–Crippen MR) is 93.9 cm³/mol. The first kappa shape index (κ1) is 44.0. The van der Waals surface area contributed by atoms with E-state index in [1.54, 1.807) is 0 Å². The molecule has 0 radical (unpaired) electrons. The summed E-state index contributed by atoms with van der Waals surface area (Å²) in [7, 11) is 0. The largest absolute Gasteiger partial charge is 0.460 e. The van der Waals surface area contributed by atoms with E-state index in [1.165, 1.54) is 0 Å². The average molecular weight is 826 g/mol. The van der Waals surface area contributed by atoms with E-state index in [1.807, 2.05) is 0 Å². The molecule has 0 saturated carbocycles. The van der Waals surface area contributed by atoms with Gasteiger partial charge in [-0.3, -0.25) is 4.79 Å². The molecule has 0 fully saturated rings. The lowest BCUT2D eigenvalue weighted by Crippen LogP contribution is -2.81. The van der Waals surface area contributed by atoms with Gasteiger partial charge >= 0.3 is 77.0 Å². The maximum absolute atomic E-state index is 15.1. The Morgan fingerprint density at radius 1 is 0.373 bits per heavy atom. The zero-order chi connectivity index (χ0) is 41.5. The second-order valence-electron chi connectivity index (χ2n) is 9.81. The average Bonchev–Trinajstić information content (AvgIpc) is 2.94. The fourth-order valence-electron chi connectivity index (χ4n) is 3.94. The molecular formula is C20F30O. The Hall–Kier alpha value is -3.21. The molecule has 1 aromatic rings. The van der Waals surface area contributed by atoms with Crippen molar-refractivity contribution in [3.05, 3.63) is 34.4 Å². The summed E-state index contributed by atoms with van der Waals surface area (Å²) in [5, 5.41) is 0. The summed E-state index contributed by atoms with van der Waals surface area (Å²) in [6, 6.07) is 0. The third-order valence-electron chi connectivity index (χ3n) is 6.89. The Morgan fingerprint density at radius 3 is 0.961 bits per heavy atom. The number of fused-ring (bicyclic) bond motifs is 1. The van der Waals surface area contributed by atoms with E-state index in [0.29, 0.717) is 0 Å². The van der Waals surface area contributed by atoms with Crippen LogP contribution in [0, 0.1) is 23.3 Å². The number of hydrogen-bond acceptors (Lipinski definition) is 1. The third kappa shape index (κ3) is 4.48. The molecule has 296 valence electrons. The summed E-state index contributed by atoms with van der Waals surface area (Å²) in [6.07, 6.45) is -8.32. The zero-order valence-electron chi connectivity index (χ0n) is 21.7. The van der Waals surface area contributed by atoms with Crippen molar-refractivity contribution < 1.29 is 137 Å². The predicted octanol–water partition coefficient (Wildman–Crippen LogP) is 10.2. The summed E-state index contributed by atoms with van der Waals surface area (Å²) >= 11 is 0. The van der Waals surface area contributed by atoms with Crippen LogP contribution in [0.3, 0.4) is 0 Å². The zero-order valence-corrected chi connectivity index (χ0v) is 21.7. The molecule has 0 saturated heterocycles. The van der Waals surface area contributed by atoms with Crippen LogP contribution < -0.4 is 0 Å². The minimum atomic E-state index is -9.97. The van der Waals surface area contributed by atoms with E-state index in [2.05, 4.69) is 0 Å². The molecule has 1 nitrogen and oxygen atoms in total. The van der Waals surface area contributed by atoms with E-state index in [-0.39, 0.29) is 0 Å². The maximum atomic E-state index is 15.1. The number of ketones is 1. The Labute approximate surface area is 255 Å². The normalized spacial score (nSPS) is 21.6. The highest BCUT2D eigenvalue weighted by molar-refractivity contribution is 6.07. The van der Waals surface area contributed by atoms with Crippen molar-refractivity contribution in [2.24, 2.45) is 0 Å². The third-order valence-corrected chi connectivity index (χ3v) is 6.89. The molecular weight excluding hydrogens is 826 g/mol. The molecule has 2 rings (SSSR count). The summed E-state index contributed by atoms with van der Waals surface area (Å²) in [6.45, 7) is 0. The number of carbonyl (C=O) groups is 1. The Kier molecular flexibility index (Phi) is 9.21. The lowest BCUT2D eigenvalue weighted by atomic mass is 9.69. The van der Waals surface area contributed by atoms with Crippen LogP contribution in [0.25, 0.3) is 0 Å². The van der Waals surface area contributed by atoms with E-state index >= 15 is 4.39 Å². The van der Waals surface area contributed by atoms with Gasteiger partial charge in [-0.2, -0.15) is 110 Å². The van der Waals surface area contributed by atoms with Crippen LogP contribution in [-0.4, -0.2) is 76.9 Å². The molecule has 1 atom stereocenters. The van der Waals surface area contributed by atoms with Crippen molar-refractivity contribution in [1.29, 1.82) is 0 Å². The second-order valence-corrected chi connectivity index (χ2v) is 9.81.